The number of alkyl halides is 3. The molecule has 0 radical (unpaired) electrons. The number of ketones is 1. The molecule has 0 fully saturated rings. The van der Waals surface area contributed by atoms with E-state index in [1.54, 1.807) is 12.1 Å². The molecule has 0 N–H and O–H groups in total. The second-order valence-corrected chi connectivity index (χ2v) is 6.49. The van der Waals surface area contributed by atoms with Crippen LogP contribution >= 0.6 is 11.8 Å². The number of benzene rings is 2. The molecule has 4 nitrogen and oxygen atoms in total. The Hall–Kier alpha value is -2.61. The van der Waals surface area contributed by atoms with Crippen molar-refractivity contribution in [1.82, 2.24) is 10.1 Å². The Morgan fingerprint density at radius 1 is 1.12 bits per heavy atom. The van der Waals surface area contributed by atoms with Gasteiger partial charge in [0.05, 0.1) is 5.75 Å². The highest BCUT2D eigenvalue weighted by Crippen LogP contribution is 2.29. The minimum atomic E-state index is -4.69. The summed E-state index contributed by atoms with van der Waals surface area (Å²) in [4.78, 5) is 16.6. The molecule has 3 rings (SSSR count). The molecule has 1 heterocycles. The average Bonchev–Trinajstić information content (AvgIpc) is 3.11. The van der Waals surface area contributed by atoms with Gasteiger partial charge in [-0.05, 0) is 18.6 Å². The molecule has 26 heavy (non-hydrogen) atoms. The molecule has 0 saturated heterocycles. The third kappa shape index (κ3) is 4.13. The molecule has 8 heteroatoms. The number of aromatic nitrogens is 2. The van der Waals surface area contributed by atoms with E-state index in [4.69, 9.17) is 0 Å². The molecule has 0 aliphatic carbocycles. The SMILES string of the molecule is Cc1ccccc1SCC(=O)c1ccc(-c2noc(C(F)(F)F)n2)cc1. The van der Waals surface area contributed by atoms with Gasteiger partial charge in [0.25, 0.3) is 0 Å². The second-order valence-electron chi connectivity index (χ2n) is 5.48. The van der Waals surface area contributed by atoms with Crippen LogP contribution in [0.2, 0.25) is 0 Å². The van der Waals surface area contributed by atoms with Gasteiger partial charge < -0.3 is 4.52 Å². The molecule has 0 spiro atoms. The lowest BCUT2D eigenvalue weighted by Crippen LogP contribution is -2.05. The normalized spacial score (nSPS) is 11.5. The molecule has 0 amide bonds. The van der Waals surface area contributed by atoms with Crippen LogP contribution in [0.1, 0.15) is 21.8 Å². The van der Waals surface area contributed by atoms with Crippen LogP contribution in [0.25, 0.3) is 11.4 Å². The average molecular weight is 378 g/mol. The van der Waals surface area contributed by atoms with Crippen LogP contribution in [0, 0.1) is 6.92 Å². The van der Waals surface area contributed by atoms with E-state index >= 15 is 0 Å². The zero-order chi connectivity index (χ0) is 18.7. The summed E-state index contributed by atoms with van der Waals surface area (Å²) < 4.78 is 41.7. The highest BCUT2D eigenvalue weighted by molar-refractivity contribution is 8.00. The van der Waals surface area contributed by atoms with E-state index in [1.165, 1.54) is 23.9 Å². The Labute approximate surface area is 151 Å². The summed E-state index contributed by atoms with van der Waals surface area (Å²) in [6.45, 7) is 1.97. The van der Waals surface area contributed by atoms with Gasteiger partial charge in [-0.15, -0.1) is 11.8 Å². The fourth-order valence-electron chi connectivity index (χ4n) is 2.21. The van der Waals surface area contributed by atoms with E-state index in [0.29, 0.717) is 11.1 Å². The van der Waals surface area contributed by atoms with Gasteiger partial charge in [-0.1, -0.05) is 47.6 Å². The first-order valence-corrected chi connectivity index (χ1v) is 8.56. The Morgan fingerprint density at radius 3 is 2.42 bits per heavy atom. The van der Waals surface area contributed by atoms with Crippen molar-refractivity contribution in [2.75, 3.05) is 5.75 Å². The van der Waals surface area contributed by atoms with Crippen LogP contribution in [0.5, 0.6) is 0 Å². The first-order chi connectivity index (χ1) is 12.3. The van der Waals surface area contributed by atoms with Gasteiger partial charge in [0.2, 0.25) is 5.82 Å². The number of nitrogens with zero attached hydrogens (tertiary/aromatic N) is 2. The fourth-order valence-corrected chi connectivity index (χ4v) is 3.13. The van der Waals surface area contributed by atoms with Crippen LogP contribution in [0.15, 0.2) is 57.9 Å². The lowest BCUT2D eigenvalue weighted by molar-refractivity contribution is -0.159. The zero-order valence-electron chi connectivity index (χ0n) is 13.6. The van der Waals surface area contributed by atoms with E-state index in [9.17, 15) is 18.0 Å². The van der Waals surface area contributed by atoms with Gasteiger partial charge in [-0.2, -0.15) is 18.2 Å². The topological polar surface area (TPSA) is 56.0 Å². The summed E-state index contributed by atoms with van der Waals surface area (Å²) in [6, 6.07) is 13.8. The predicted molar refractivity (Wildman–Crippen MR) is 91.0 cm³/mol. The number of rotatable bonds is 5. The maximum absolute atomic E-state index is 12.5. The molecule has 3 aromatic rings. The molecule has 1 aromatic heterocycles. The van der Waals surface area contributed by atoms with E-state index in [0.717, 1.165) is 10.5 Å². The van der Waals surface area contributed by atoms with Gasteiger partial charge in [0.1, 0.15) is 0 Å². The van der Waals surface area contributed by atoms with Crippen molar-refractivity contribution in [3.05, 3.63) is 65.5 Å². The maximum atomic E-state index is 12.5. The monoisotopic (exact) mass is 378 g/mol. The van der Waals surface area contributed by atoms with Crippen molar-refractivity contribution in [3.8, 4) is 11.4 Å². The molecule has 0 bridgehead atoms. The Morgan fingerprint density at radius 2 is 1.81 bits per heavy atom. The summed E-state index contributed by atoms with van der Waals surface area (Å²) in [5.74, 6) is -1.38. The van der Waals surface area contributed by atoms with E-state index < -0.39 is 12.1 Å². The van der Waals surface area contributed by atoms with E-state index in [1.807, 2.05) is 31.2 Å². The Bertz CT molecular complexity index is 921. The summed E-state index contributed by atoms with van der Waals surface area (Å²) in [6.07, 6.45) is -4.69. The minimum Gasteiger partial charge on any atom is -0.329 e. The van der Waals surface area contributed by atoms with E-state index in [-0.39, 0.29) is 17.4 Å². The molecular formula is C18H13F3N2O2S. The maximum Gasteiger partial charge on any atom is 0.471 e. The number of carbonyl (C=O) groups excluding carboxylic acids is 1. The van der Waals surface area contributed by atoms with Crippen molar-refractivity contribution in [2.45, 2.75) is 18.0 Å². The predicted octanol–water partition coefficient (Wildman–Crippen LogP) is 5.04. The van der Waals surface area contributed by atoms with Crippen LogP contribution in [0.3, 0.4) is 0 Å². The summed E-state index contributed by atoms with van der Waals surface area (Å²) in [7, 11) is 0. The van der Waals surface area contributed by atoms with Crippen molar-refractivity contribution < 1.29 is 22.5 Å². The number of carbonyl (C=O) groups is 1. The molecule has 134 valence electrons. The molecule has 0 saturated carbocycles. The first-order valence-electron chi connectivity index (χ1n) is 7.57. The second kappa shape index (κ2) is 7.33. The Kier molecular flexibility index (Phi) is 5.13. The summed E-state index contributed by atoms with van der Waals surface area (Å²) in [5, 5.41) is 3.32. The smallest absolute Gasteiger partial charge is 0.329 e. The summed E-state index contributed by atoms with van der Waals surface area (Å²) >= 11 is 1.44. The molecule has 0 unspecified atom stereocenters. The van der Waals surface area contributed by atoms with Crippen LogP contribution in [-0.2, 0) is 6.18 Å². The van der Waals surface area contributed by atoms with Crippen molar-refractivity contribution in [2.24, 2.45) is 0 Å². The van der Waals surface area contributed by atoms with Gasteiger partial charge in [-0.3, -0.25) is 4.79 Å². The third-order valence-electron chi connectivity index (χ3n) is 3.59. The number of halogens is 3. The molecule has 0 aliphatic heterocycles. The number of thioether (sulfide) groups is 1. The number of aryl methyl sites for hydroxylation is 1. The van der Waals surface area contributed by atoms with Crippen molar-refractivity contribution in [1.29, 1.82) is 0 Å². The number of hydrogen-bond donors (Lipinski definition) is 0. The first kappa shape index (κ1) is 18.2. The highest BCUT2D eigenvalue weighted by atomic mass is 32.2. The number of hydrogen-bond acceptors (Lipinski definition) is 5. The van der Waals surface area contributed by atoms with Gasteiger partial charge in [-0.25, -0.2) is 0 Å². The minimum absolute atomic E-state index is 0.0751. The fraction of sp³-hybridized carbons (Fsp3) is 0.167. The van der Waals surface area contributed by atoms with Crippen LogP contribution in [-0.4, -0.2) is 21.7 Å². The van der Waals surface area contributed by atoms with Gasteiger partial charge >= 0.3 is 12.1 Å². The lowest BCUT2D eigenvalue weighted by Gasteiger charge is -2.05. The summed E-state index contributed by atoms with van der Waals surface area (Å²) in [5.41, 5.74) is 1.90. The van der Waals surface area contributed by atoms with Gasteiger partial charge in [0, 0.05) is 16.0 Å². The van der Waals surface area contributed by atoms with Crippen LogP contribution < -0.4 is 0 Å². The van der Waals surface area contributed by atoms with E-state index in [2.05, 4.69) is 14.7 Å². The molecule has 0 atom stereocenters. The quantitative estimate of drug-likeness (QED) is 0.460. The largest absolute Gasteiger partial charge is 0.471 e. The highest BCUT2D eigenvalue weighted by Gasteiger charge is 2.38. The molecule has 2 aromatic carbocycles. The van der Waals surface area contributed by atoms with Crippen LogP contribution in [0.4, 0.5) is 13.2 Å². The number of Topliss-reactive ketones (excluding diaryl/α,β-unsaturated/α-hetero) is 1. The van der Waals surface area contributed by atoms with Gasteiger partial charge in [0.15, 0.2) is 5.78 Å². The lowest BCUT2D eigenvalue weighted by atomic mass is 10.1. The van der Waals surface area contributed by atoms with Crippen molar-refractivity contribution in [3.63, 3.8) is 0 Å². The zero-order valence-corrected chi connectivity index (χ0v) is 14.4. The Balaban J connectivity index is 1.68. The standard InChI is InChI=1S/C18H13F3N2O2S/c1-11-4-2-3-5-15(11)26-10-14(24)12-6-8-13(9-7-12)16-22-17(25-23-16)18(19,20)21/h2-9H,10H2,1H3. The third-order valence-corrected chi connectivity index (χ3v) is 4.76. The van der Waals surface area contributed by atoms with Crippen molar-refractivity contribution >= 4 is 17.5 Å². The molecular weight excluding hydrogens is 365 g/mol. The molecule has 0 aliphatic rings.